The van der Waals surface area contributed by atoms with Crippen molar-refractivity contribution in [3.05, 3.63) is 34.9 Å². The minimum Gasteiger partial charge on any atom is -0.443 e. The lowest BCUT2D eigenvalue weighted by molar-refractivity contribution is -0.330. The summed E-state index contributed by atoms with van der Waals surface area (Å²) < 4.78 is 62.3. The highest BCUT2D eigenvalue weighted by Crippen LogP contribution is 2.38. The number of alkyl carbamates (subject to hydrolysis) is 1. The number of nitrogens with one attached hydrogen (secondary N) is 3. The summed E-state index contributed by atoms with van der Waals surface area (Å²) in [5.41, 5.74) is 0.825. The summed E-state index contributed by atoms with van der Waals surface area (Å²) in [6.07, 6.45) is -5.65. The third kappa shape index (κ3) is 6.11. The van der Waals surface area contributed by atoms with E-state index in [4.69, 9.17) is 16.3 Å². The van der Waals surface area contributed by atoms with Crippen LogP contribution in [-0.4, -0.2) is 55.6 Å². The molecule has 3 N–H and O–H groups in total. The van der Waals surface area contributed by atoms with Gasteiger partial charge in [-0.25, -0.2) is 18.7 Å². The van der Waals surface area contributed by atoms with Gasteiger partial charge in [0.05, 0.1) is 11.9 Å². The second-order valence-corrected chi connectivity index (χ2v) is 8.70. The van der Waals surface area contributed by atoms with Crippen LogP contribution in [0.25, 0.3) is 5.52 Å². The number of anilines is 2. The van der Waals surface area contributed by atoms with E-state index >= 15 is 0 Å². The molecule has 0 saturated heterocycles. The molecule has 15 heteroatoms. The van der Waals surface area contributed by atoms with E-state index in [1.807, 2.05) is 0 Å². The Bertz CT molecular complexity index is 1200. The Hall–Kier alpha value is -3.13. The smallest absolute Gasteiger partial charge is 0.443 e. The molecule has 1 saturated carbocycles. The molecule has 35 heavy (non-hydrogen) atoms. The monoisotopic (exact) mass is 519 g/mol. The van der Waals surface area contributed by atoms with Crippen LogP contribution in [0.4, 0.5) is 34.0 Å². The lowest BCUT2D eigenvalue weighted by Crippen LogP contribution is -2.36. The molecule has 1 aliphatic rings. The number of carbonyl (C=O) groups is 1. The first kappa shape index (κ1) is 25.0. The van der Waals surface area contributed by atoms with E-state index in [0.29, 0.717) is 24.1 Å². The number of ether oxygens (including phenoxy) is 2. The first-order valence-electron chi connectivity index (χ1n) is 10.7. The number of rotatable bonds is 7. The zero-order valence-corrected chi connectivity index (χ0v) is 19.3. The zero-order valence-electron chi connectivity index (χ0n) is 18.6. The van der Waals surface area contributed by atoms with Gasteiger partial charge in [-0.1, -0.05) is 11.6 Å². The van der Waals surface area contributed by atoms with Crippen molar-refractivity contribution >= 4 is 34.8 Å². The maximum absolute atomic E-state index is 15.0. The van der Waals surface area contributed by atoms with E-state index < -0.39 is 37.3 Å². The zero-order chi connectivity index (χ0) is 25.3. The molecule has 0 aromatic carbocycles. The molecule has 4 rings (SSSR count). The van der Waals surface area contributed by atoms with Gasteiger partial charge in [0.2, 0.25) is 0 Å². The Balaban J connectivity index is 1.46. The van der Waals surface area contributed by atoms with Gasteiger partial charge in [-0.3, -0.25) is 9.84 Å². The number of alkyl halides is 4. The summed E-state index contributed by atoms with van der Waals surface area (Å²) in [6, 6.07) is 2.82. The van der Waals surface area contributed by atoms with E-state index in [2.05, 4.69) is 35.7 Å². The van der Waals surface area contributed by atoms with Gasteiger partial charge < -0.3 is 15.4 Å². The van der Waals surface area contributed by atoms with Crippen LogP contribution in [0.2, 0.25) is 5.15 Å². The SMILES string of the molecule is CC(C)NC(=O)O[C@@H]1CC[C@H](c2cc(Nc3nc(Cl)cn4nc(COC(F)(F)F)cc34)n[nH]2)[C@H]1F. The third-order valence-electron chi connectivity index (χ3n) is 5.27. The second-order valence-electron chi connectivity index (χ2n) is 8.32. The van der Waals surface area contributed by atoms with Crippen molar-refractivity contribution in [2.24, 2.45) is 0 Å². The molecular formula is C20H22ClF4N7O3. The fourth-order valence-electron chi connectivity index (χ4n) is 3.82. The minimum absolute atomic E-state index is 0.0101. The molecule has 10 nitrogen and oxygen atoms in total. The number of aromatic nitrogens is 5. The maximum atomic E-state index is 15.0. The highest BCUT2D eigenvalue weighted by atomic mass is 35.5. The Labute approximate surface area is 201 Å². The van der Waals surface area contributed by atoms with Crippen LogP contribution in [0.15, 0.2) is 18.3 Å². The van der Waals surface area contributed by atoms with E-state index in [9.17, 15) is 22.4 Å². The molecule has 0 spiro atoms. The van der Waals surface area contributed by atoms with Crippen molar-refractivity contribution in [3.8, 4) is 0 Å². The molecule has 3 atom stereocenters. The van der Waals surface area contributed by atoms with E-state index in [0.717, 1.165) is 0 Å². The van der Waals surface area contributed by atoms with Crippen molar-refractivity contribution < 1.29 is 31.8 Å². The Morgan fingerprint density at radius 3 is 2.83 bits per heavy atom. The predicted molar refractivity (Wildman–Crippen MR) is 116 cm³/mol. The highest BCUT2D eigenvalue weighted by Gasteiger charge is 2.41. The molecule has 1 fully saturated rings. The van der Waals surface area contributed by atoms with Crippen molar-refractivity contribution in [1.82, 2.24) is 30.1 Å². The normalized spacial score (nSPS) is 20.5. The first-order chi connectivity index (χ1) is 16.5. The topological polar surface area (TPSA) is 118 Å². The van der Waals surface area contributed by atoms with Crippen LogP contribution in [0.1, 0.15) is 44.0 Å². The van der Waals surface area contributed by atoms with Crippen molar-refractivity contribution in [2.45, 2.75) is 63.9 Å². The molecule has 3 aromatic rings. The van der Waals surface area contributed by atoms with E-state index in [1.165, 1.54) is 16.8 Å². The predicted octanol–water partition coefficient (Wildman–Crippen LogP) is 4.60. The molecule has 1 amide bonds. The lowest BCUT2D eigenvalue weighted by Gasteiger charge is -2.18. The standard InChI is InChI=1S/C20H22ClF4N7O3/c1-9(2)26-19(33)35-14-4-3-11(17(14)22)12-6-16(30-29-12)28-18-13-5-10(8-34-20(23,24)25)31-32(13)7-15(21)27-18/h5-7,9,11,14,17H,3-4,8H2,1-2H3,(H,26,33)(H2,27,28,29,30)/t11-,14-,17-/m1/s1. The molecule has 0 bridgehead atoms. The molecule has 3 heterocycles. The van der Waals surface area contributed by atoms with Crippen LogP contribution < -0.4 is 10.6 Å². The number of halogens is 5. The van der Waals surface area contributed by atoms with Crippen LogP contribution in [-0.2, 0) is 16.1 Å². The summed E-state index contributed by atoms with van der Waals surface area (Å²) >= 11 is 6.02. The van der Waals surface area contributed by atoms with Crippen molar-refractivity contribution in [2.75, 3.05) is 5.32 Å². The first-order valence-corrected chi connectivity index (χ1v) is 11.1. The molecule has 1 aliphatic carbocycles. The van der Waals surface area contributed by atoms with Gasteiger partial charge in [-0.05, 0) is 32.8 Å². The van der Waals surface area contributed by atoms with Crippen LogP contribution in [0.5, 0.6) is 0 Å². The fourth-order valence-corrected chi connectivity index (χ4v) is 4.00. The van der Waals surface area contributed by atoms with Crippen LogP contribution >= 0.6 is 11.6 Å². The maximum Gasteiger partial charge on any atom is 0.522 e. The molecule has 0 radical (unpaired) electrons. The summed E-state index contributed by atoms with van der Waals surface area (Å²) in [5, 5.41) is 16.4. The molecule has 190 valence electrons. The van der Waals surface area contributed by atoms with Crippen molar-refractivity contribution in [1.29, 1.82) is 0 Å². The number of amides is 1. The summed E-state index contributed by atoms with van der Waals surface area (Å²) in [7, 11) is 0. The highest BCUT2D eigenvalue weighted by molar-refractivity contribution is 6.29. The van der Waals surface area contributed by atoms with Gasteiger partial charge in [-0.2, -0.15) is 10.2 Å². The summed E-state index contributed by atoms with van der Waals surface area (Å²) in [5.74, 6) is -0.112. The van der Waals surface area contributed by atoms with Gasteiger partial charge in [0.25, 0.3) is 0 Å². The van der Waals surface area contributed by atoms with E-state index in [1.54, 1.807) is 19.9 Å². The van der Waals surface area contributed by atoms with Crippen LogP contribution in [0.3, 0.4) is 0 Å². The number of hydrogen-bond acceptors (Lipinski definition) is 7. The summed E-state index contributed by atoms with van der Waals surface area (Å²) in [4.78, 5) is 16.0. The third-order valence-corrected chi connectivity index (χ3v) is 5.45. The molecule has 0 aliphatic heterocycles. The minimum atomic E-state index is -4.80. The number of nitrogens with zero attached hydrogens (tertiary/aromatic N) is 4. The Morgan fingerprint density at radius 1 is 1.34 bits per heavy atom. The average molecular weight is 520 g/mol. The van der Waals surface area contributed by atoms with Crippen molar-refractivity contribution in [3.63, 3.8) is 0 Å². The molecule has 3 aromatic heterocycles. The number of H-pyrrole nitrogens is 1. The molecule has 0 unspecified atom stereocenters. The number of aromatic amines is 1. The lowest BCUT2D eigenvalue weighted by atomic mass is 10.0. The van der Waals surface area contributed by atoms with Gasteiger partial charge >= 0.3 is 12.5 Å². The summed E-state index contributed by atoms with van der Waals surface area (Å²) in [6.45, 7) is 2.76. The fraction of sp³-hybridized carbons (Fsp3) is 0.500. The number of carbonyl (C=O) groups excluding carboxylic acids is 1. The van der Waals surface area contributed by atoms with Gasteiger partial charge in [0.15, 0.2) is 11.6 Å². The largest absolute Gasteiger partial charge is 0.522 e. The quantitative estimate of drug-likeness (QED) is 0.390. The van der Waals surface area contributed by atoms with E-state index in [-0.39, 0.29) is 28.5 Å². The average Bonchev–Trinajstić information content (AvgIpc) is 3.45. The van der Waals surface area contributed by atoms with Crippen LogP contribution in [0, 0.1) is 0 Å². The van der Waals surface area contributed by atoms with Gasteiger partial charge in [-0.15, -0.1) is 13.2 Å². The molecular weight excluding hydrogens is 498 g/mol. The van der Waals surface area contributed by atoms with Gasteiger partial charge in [0.1, 0.15) is 29.6 Å². The Kier molecular flexibility index (Phi) is 7.03. The Morgan fingerprint density at radius 2 is 2.11 bits per heavy atom. The number of hydrogen-bond donors (Lipinski definition) is 3. The second kappa shape index (κ2) is 9.85. The number of fused-ring (bicyclic) bond motifs is 1. The van der Waals surface area contributed by atoms with Gasteiger partial charge in [0, 0.05) is 23.7 Å².